The van der Waals surface area contributed by atoms with Crippen LogP contribution in [0.15, 0.2) is 54.6 Å². The quantitative estimate of drug-likeness (QED) is 0.748. The maximum Gasteiger partial charge on any atom is 0.243 e. The zero-order valence-corrected chi connectivity index (χ0v) is 17.4. The van der Waals surface area contributed by atoms with Gasteiger partial charge in [0.2, 0.25) is 15.9 Å². The second-order valence-electron chi connectivity index (χ2n) is 7.57. The van der Waals surface area contributed by atoms with E-state index in [0.29, 0.717) is 24.7 Å². The van der Waals surface area contributed by atoms with Crippen LogP contribution in [0.2, 0.25) is 0 Å². The van der Waals surface area contributed by atoms with E-state index in [9.17, 15) is 13.2 Å². The lowest BCUT2D eigenvalue weighted by Gasteiger charge is -2.34. The molecule has 0 aromatic heterocycles. The Morgan fingerprint density at radius 1 is 1.04 bits per heavy atom. The number of hydrogen-bond acceptors (Lipinski definition) is 3. The molecule has 28 heavy (non-hydrogen) atoms. The molecule has 1 aliphatic rings. The summed E-state index contributed by atoms with van der Waals surface area (Å²) < 4.78 is 25.8. The fraction of sp³-hybridized carbons (Fsp3) is 0.409. The number of nitrogens with zero attached hydrogens (tertiary/aromatic N) is 2. The highest BCUT2D eigenvalue weighted by Gasteiger charge is 2.27. The molecule has 3 rings (SSSR count). The van der Waals surface area contributed by atoms with Gasteiger partial charge in [-0.3, -0.25) is 9.10 Å². The molecule has 5 nitrogen and oxygen atoms in total. The third-order valence-electron chi connectivity index (χ3n) is 5.40. The number of hydrogen-bond donors (Lipinski definition) is 0. The lowest BCUT2D eigenvalue weighted by molar-refractivity contribution is -0.130. The molecule has 0 unspecified atom stereocenters. The lowest BCUT2D eigenvalue weighted by atomic mass is 9.90. The Labute approximate surface area is 168 Å². The molecule has 0 radical (unpaired) electrons. The van der Waals surface area contributed by atoms with Crippen molar-refractivity contribution in [2.75, 3.05) is 30.2 Å². The fourth-order valence-electron chi connectivity index (χ4n) is 3.78. The third-order valence-corrected chi connectivity index (χ3v) is 6.52. The number of benzene rings is 2. The summed E-state index contributed by atoms with van der Waals surface area (Å²) >= 11 is 0. The van der Waals surface area contributed by atoms with Crippen molar-refractivity contribution in [3.05, 3.63) is 65.7 Å². The summed E-state index contributed by atoms with van der Waals surface area (Å²) in [5.41, 5.74) is 2.73. The van der Waals surface area contributed by atoms with Gasteiger partial charge in [0.05, 0.1) is 11.9 Å². The van der Waals surface area contributed by atoms with Crippen LogP contribution in [-0.4, -0.2) is 45.1 Å². The van der Waals surface area contributed by atoms with Crippen molar-refractivity contribution in [1.29, 1.82) is 0 Å². The molecular formula is C22H28N2O3S. The molecular weight excluding hydrogens is 372 g/mol. The Morgan fingerprint density at radius 2 is 1.64 bits per heavy atom. The highest BCUT2D eigenvalue weighted by molar-refractivity contribution is 7.92. The summed E-state index contributed by atoms with van der Waals surface area (Å²) in [4.78, 5) is 14.6. The van der Waals surface area contributed by atoms with Gasteiger partial charge in [-0.1, -0.05) is 48.5 Å². The lowest BCUT2D eigenvalue weighted by Crippen LogP contribution is -2.46. The summed E-state index contributed by atoms with van der Waals surface area (Å²) in [5.74, 6) is 0.431. The van der Waals surface area contributed by atoms with E-state index in [0.717, 1.165) is 31.1 Å². The van der Waals surface area contributed by atoms with Crippen molar-refractivity contribution in [2.45, 2.75) is 26.2 Å². The molecule has 1 aliphatic heterocycles. The number of rotatable bonds is 6. The van der Waals surface area contributed by atoms with Gasteiger partial charge in [0, 0.05) is 13.1 Å². The van der Waals surface area contributed by atoms with Crippen LogP contribution in [0.4, 0.5) is 5.69 Å². The summed E-state index contributed by atoms with van der Waals surface area (Å²) in [5, 5.41) is 0. The molecule has 2 aromatic carbocycles. The Bertz CT molecular complexity index is 904. The molecule has 0 saturated carbocycles. The van der Waals surface area contributed by atoms with Crippen LogP contribution in [0, 0.1) is 12.8 Å². The minimum Gasteiger partial charge on any atom is -0.341 e. The number of sulfonamides is 1. The van der Waals surface area contributed by atoms with Crippen LogP contribution >= 0.6 is 0 Å². The van der Waals surface area contributed by atoms with Gasteiger partial charge in [0.25, 0.3) is 0 Å². The molecule has 1 amide bonds. The summed E-state index contributed by atoms with van der Waals surface area (Å²) in [6.45, 7) is 3.07. The first-order valence-electron chi connectivity index (χ1n) is 9.69. The highest BCUT2D eigenvalue weighted by Crippen LogP contribution is 2.24. The number of amides is 1. The van der Waals surface area contributed by atoms with Gasteiger partial charge >= 0.3 is 0 Å². The predicted molar refractivity (Wildman–Crippen MR) is 113 cm³/mol. The molecule has 0 aliphatic carbocycles. The Hall–Kier alpha value is -2.34. The zero-order valence-electron chi connectivity index (χ0n) is 16.5. The summed E-state index contributed by atoms with van der Waals surface area (Å²) in [7, 11) is -3.54. The first-order chi connectivity index (χ1) is 13.3. The van der Waals surface area contributed by atoms with Crippen molar-refractivity contribution in [2.24, 2.45) is 5.92 Å². The second kappa shape index (κ2) is 8.78. The van der Waals surface area contributed by atoms with Crippen LogP contribution in [0.5, 0.6) is 0 Å². The van der Waals surface area contributed by atoms with Gasteiger partial charge in [-0.25, -0.2) is 8.42 Å². The largest absolute Gasteiger partial charge is 0.341 e. The molecule has 1 saturated heterocycles. The van der Waals surface area contributed by atoms with Gasteiger partial charge in [-0.05, 0) is 49.3 Å². The van der Waals surface area contributed by atoms with Crippen LogP contribution in [0.25, 0.3) is 0 Å². The van der Waals surface area contributed by atoms with E-state index in [4.69, 9.17) is 0 Å². The topological polar surface area (TPSA) is 57.7 Å². The Morgan fingerprint density at radius 3 is 2.25 bits per heavy atom. The Kier molecular flexibility index (Phi) is 6.39. The van der Waals surface area contributed by atoms with E-state index in [1.807, 2.05) is 25.1 Å². The Balaban J connectivity index is 1.62. The van der Waals surface area contributed by atoms with Crippen molar-refractivity contribution in [3.8, 4) is 0 Å². The molecule has 1 heterocycles. The van der Waals surface area contributed by atoms with E-state index >= 15 is 0 Å². The van der Waals surface area contributed by atoms with E-state index in [1.54, 1.807) is 17.0 Å². The summed E-state index contributed by atoms with van der Waals surface area (Å²) in [6, 6.07) is 17.7. The standard InChI is InChI=1S/C22H28N2O3S/c1-18-8-6-7-11-21(18)24(28(2,26)27)17-22(25)23-14-12-20(13-15-23)16-19-9-4-3-5-10-19/h3-11,20H,12-17H2,1-2H3. The molecule has 0 spiro atoms. The van der Waals surface area contributed by atoms with Gasteiger partial charge in [-0.15, -0.1) is 0 Å². The normalized spacial score (nSPS) is 15.4. The van der Waals surface area contributed by atoms with Gasteiger partial charge in [-0.2, -0.15) is 0 Å². The molecule has 0 atom stereocenters. The molecule has 2 aromatic rings. The number of piperidine rings is 1. The minimum absolute atomic E-state index is 0.133. The first kappa shape index (κ1) is 20.4. The molecule has 6 heteroatoms. The SMILES string of the molecule is Cc1ccccc1N(CC(=O)N1CCC(Cc2ccccc2)CC1)S(C)(=O)=O. The van der Waals surface area contributed by atoms with Crippen LogP contribution < -0.4 is 4.31 Å². The maximum absolute atomic E-state index is 12.8. The fourth-order valence-corrected chi connectivity index (χ4v) is 4.69. The van der Waals surface area contributed by atoms with Gasteiger partial charge in [0.1, 0.15) is 6.54 Å². The monoisotopic (exact) mass is 400 g/mol. The molecule has 0 N–H and O–H groups in total. The van der Waals surface area contributed by atoms with Crippen LogP contribution in [0.1, 0.15) is 24.0 Å². The number of aryl methyl sites for hydroxylation is 1. The second-order valence-corrected chi connectivity index (χ2v) is 9.48. The zero-order chi connectivity index (χ0) is 20.1. The van der Waals surface area contributed by atoms with E-state index in [2.05, 4.69) is 24.3 Å². The van der Waals surface area contributed by atoms with Gasteiger partial charge < -0.3 is 4.90 Å². The van der Waals surface area contributed by atoms with Crippen molar-refractivity contribution < 1.29 is 13.2 Å². The van der Waals surface area contributed by atoms with E-state index in [1.165, 1.54) is 9.87 Å². The molecule has 150 valence electrons. The van der Waals surface area contributed by atoms with Crippen LogP contribution in [-0.2, 0) is 21.2 Å². The predicted octanol–water partition coefficient (Wildman–Crippen LogP) is 3.24. The smallest absolute Gasteiger partial charge is 0.243 e. The molecule has 0 bridgehead atoms. The number of carbonyl (C=O) groups is 1. The first-order valence-corrected chi connectivity index (χ1v) is 11.5. The number of likely N-dealkylation sites (tertiary alicyclic amines) is 1. The maximum atomic E-state index is 12.8. The average Bonchev–Trinajstić information content (AvgIpc) is 2.67. The number of para-hydroxylation sites is 1. The van der Waals surface area contributed by atoms with Crippen molar-refractivity contribution in [1.82, 2.24) is 4.90 Å². The minimum atomic E-state index is -3.54. The summed E-state index contributed by atoms with van der Waals surface area (Å²) in [6.07, 6.45) is 4.08. The van der Waals surface area contributed by atoms with E-state index < -0.39 is 10.0 Å². The van der Waals surface area contributed by atoms with Gasteiger partial charge in [0.15, 0.2) is 0 Å². The number of carbonyl (C=O) groups excluding carboxylic acids is 1. The number of anilines is 1. The third kappa shape index (κ3) is 5.13. The van der Waals surface area contributed by atoms with Crippen LogP contribution in [0.3, 0.4) is 0 Å². The van der Waals surface area contributed by atoms with E-state index in [-0.39, 0.29) is 12.5 Å². The highest BCUT2D eigenvalue weighted by atomic mass is 32.2. The molecule has 1 fully saturated rings. The average molecular weight is 401 g/mol. The van der Waals surface area contributed by atoms with Crippen molar-refractivity contribution in [3.63, 3.8) is 0 Å². The van der Waals surface area contributed by atoms with Crippen molar-refractivity contribution >= 4 is 21.6 Å².